The first-order valence-corrected chi connectivity index (χ1v) is 7.83. The molecule has 3 heterocycles. The Labute approximate surface area is 119 Å². The Kier molecular flexibility index (Phi) is 3.29. The molecular formula is C14H21BO3S. The van der Waals surface area contributed by atoms with Crippen molar-refractivity contribution in [1.82, 2.24) is 0 Å². The Morgan fingerprint density at radius 2 is 1.89 bits per heavy atom. The Morgan fingerprint density at radius 1 is 1.21 bits per heavy atom. The number of hydrogen-bond donors (Lipinski definition) is 0. The van der Waals surface area contributed by atoms with E-state index in [1.54, 1.807) is 11.3 Å². The second-order valence-electron chi connectivity index (χ2n) is 6.37. The Morgan fingerprint density at radius 3 is 2.47 bits per heavy atom. The van der Waals surface area contributed by atoms with Crippen LogP contribution < -0.4 is 4.78 Å². The lowest BCUT2D eigenvalue weighted by molar-refractivity contribution is 0.00578. The number of ether oxygens (including phenoxy) is 1. The van der Waals surface area contributed by atoms with E-state index >= 15 is 0 Å². The highest BCUT2D eigenvalue weighted by molar-refractivity contribution is 7.20. The van der Waals surface area contributed by atoms with Crippen LogP contribution in [-0.2, 0) is 14.0 Å². The van der Waals surface area contributed by atoms with E-state index in [2.05, 4.69) is 39.1 Å². The lowest BCUT2D eigenvalue weighted by atomic mass is 9.87. The molecule has 0 N–H and O–H groups in total. The highest BCUT2D eigenvalue weighted by atomic mass is 32.1. The fraction of sp³-hybridized carbons (Fsp3) is 0.714. The third-order valence-corrected chi connectivity index (χ3v) is 5.40. The van der Waals surface area contributed by atoms with Crippen LogP contribution in [0, 0.1) is 0 Å². The molecule has 0 aliphatic carbocycles. The van der Waals surface area contributed by atoms with Crippen LogP contribution in [0.15, 0.2) is 11.4 Å². The second kappa shape index (κ2) is 4.59. The van der Waals surface area contributed by atoms with Gasteiger partial charge in [-0.25, -0.2) is 0 Å². The first kappa shape index (κ1) is 13.6. The molecule has 5 heteroatoms. The van der Waals surface area contributed by atoms with Crippen molar-refractivity contribution in [1.29, 1.82) is 0 Å². The molecule has 0 bridgehead atoms. The molecule has 1 atom stereocenters. The van der Waals surface area contributed by atoms with Crippen molar-refractivity contribution in [2.45, 2.75) is 57.8 Å². The summed E-state index contributed by atoms with van der Waals surface area (Å²) in [5.41, 5.74) is 0.726. The SMILES string of the molecule is CC1(C)OB(c2cc(C3CCCO3)cs2)OC1(C)C. The fourth-order valence-corrected chi connectivity index (χ4v) is 3.36. The molecule has 3 rings (SSSR count). The van der Waals surface area contributed by atoms with Crippen molar-refractivity contribution in [3.8, 4) is 0 Å². The van der Waals surface area contributed by atoms with E-state index in [4.69, 9.17) is 14.0 Å². The normalized spacial score (nSPS) is 29.1. The Bertz CT molecular complexity index is 447. The van der Waals surface area contributed by atoms with Crippen LogP contribution in [-0.4, -0.2) is 24.9 Å². The molecule has 2 fully saturated rings. The minimum absolute atomic E-state index is 0.245. The maximum Gasteiger partial charge on any atom is 0.505 e. The van der Waals surface area contributed by atoms with Gasteiger partial charge in [0.1, 0.15) is 0 Å². The van der Waals surface area contributed by atoms with Gasteiger partial charge in [0.15, 0.2) is 0 Å². The predicted octanol–water partition coefficient (Wildman–Crippen LogP) is 2.90. The van der Waals surface area contributed by atoms with Gasteiger partial charge >= 0.3 is 7.12 Å². The van der Waals surface area contributed by atoms with Crippen molar-refractivity contribution in [2.24, 2.45) is 0 Å². The van der Waals surface area contributed by atoms with E-state index < -0.39 is 0 Å². The maximum absolute atomic E-state index is 6.07. The summed E-state index contributed by atoms with van der Waals surface area (Å²) in [7, 11) is -0.245. The van der Waals surface area contributed by atoms with Crippen LogP contribution >= 0.6 is 11.3 Å². The van der Waals surface area contributed by atoms with Gasteiger partial charge in [-0.3, -0.25) is 0 Å². The maximum atomic E-state index is 6.07. The highest BCUT2D eigenvalue weighted by Crippen LogP contribution is 2.37. The van der Waals surface area contributed by atoms with E-state index in [0.717, 1.165) is 24.2 Å². The van der Waals surface area contributed by atoms with Gasteiger partial charge < -0.3 is 14.0 Å². The second-order valence-corrected chi connectivity index (χ2v) is 7.32. The van der Waals surface area contributed by atoms with E-state index in [1.807, 2.05) is 0 Å². The first-order valence-electron chi connectivity index (χ1n) is 6.95. The summed E-state index contributed by atoms with van der Waals surface area (Å²) in [6.45, 7) is 9.22. The highest BCUT2D eigenvalue weighted by Gasteiger charge is 2.52. The van der Waals surface area contributed by atoms with Crippen molar-refractivity contribution in [3.05, 3.63) is 17.0 Å². The van der Waals surface area contributed by atoms with Crippen molar-refractivity contribution < 1.29 is 14.0 Å². The summed E-state index contributed by atoms with van der Waals surface area (Å²) in [4.78, 5) is 0. The molecule has 1 aromatic rings. The zero-order chi connectivity index (χ0) is 13.7. The van der Waals surface area contributed by atoms with Crippen molar-refractivity contribution >= 4 is 23.2 Å². The standard InChI is InChI=1S/C14H21BO3S/c1-13(2)14(3,4)18-15(17-13)12-8-10(9-19-12)11-6-5-7-16-11/h8-9,11H,5-7H2,1-4H3. The predicted molar refractivity (Wildman–Crippen MR) is 78.0 cm³/mol. The molecule has 2 aliphatic heterocycles. The van der Waals surface area contributed by atoms with E-state index in [1.165, 1.54) is 5.56 Å². The molecule has 1 unspecified atom stereocenters. The smallest absolute Gasteiger partial charge is 0.399 e. The molecule has 3 nitrogen and oxygen atoms in total. The molecule has 0 radical (unpaired) electrons. The minimum atomic E-state index is -0.272. The summed E-state index contributed by atoms with van der Waals surface area (Å²) in [6, 6.07) is 2.18. The molecule has 0 saturated carbocycles. The van der Waals surface area contributed by atoms with Gasteiger partial charge in [-0.05, 0) is 57.5 Å². The number of rotatable bonds is 2. The van der Waals surface area contributed by atoms with Crippen molar-refractivity contribution in [3.63, 3.8) is 0 Å². The molecule has 19 heavy (non-hydrogen) atoms. The third-order valence-electron chi connectivity index (χ3n) is 4.43. The summed E-state index contributed by atoms with van der Waals surface area (Å²) < 4.78 is 19.0. The fourth-order valence-electron chi connectivity index (χ4n) is 2.46. The quantitative estimate of drug-likeness (QED) is 0.780. The average molecular weight is 280 g/mol. The topological polar surface area (TPSA) is 27.7 Å². The molecule has 0 spiro atoms. The van der Waals surface area contributed by atoms with E-state index in [0.29, 0.717) is 0 Å². The molecule has 104 valence electrons. The molecular weight excluding hydrogens is 259 g/mol. The van der Waals surface area contributed by atoms with E-state index in [-0.39, 0.29) is 24.4 Å². The number of thiophene rings is 1. The van der Waals surface area contributed by atoms with Gasteiger partial charge in [-0.2, -0.15) is 11.3 Å². The third kappa shape index (κ3) is 2.37. The largest absolute Gasteiger partial charge is 0.505 e. The van der Waals surface area contributed by atoms with Gasteiger partial charge in [-0.1, -0.05) is 0 Å². The zero-order valence-corrected chi connectivity index (χ0v) is 12.9. The van der Waals surface area contributed by atoms with Gasteiger partial charge in [0, 0.05) is 11.4 Å². The van der Waals surface area contributed by atoms with Crippen LogP contribution in [0.4, 0.5) is 0 Å². The number of hydrogen-bond acceptors (Lipinski definition) is 4. The van der Waals surface area contributed by atoms with Crippen molar-refractivity contribution in [2.75, 3.05) is 6.61 Å². The summed E-state index contributed by atoms with van der Waals surface area (Å²) in [6.07, 6.45) is 2.55. The average Bonchev–Trinajstić information content (AvgIpc) is 3.00. The monoisotopic (exact) mass is 280 g/mol. The first-order chi connectivity index (χ1) is 8.89. The van der Waals surface area contributed by atoms with Crippen LogP contribution in [0.3, 0.4) is 0 Å². The molecule has 2 saturated heterocycles. The minimum Gasteiger partial charge on any atom is -0.399 e. The summed E-state index contributed by atoms with van der Waals surface area (Å²) in [5.74, 6) is 0. The van der Waals surface area contributed by atoms with Crippen LogP contribution in [0.2, 0.25) is 0 Å². The lowest BCUT2D eigenvalue weighted by Gasteiger charge is -2.32. The van der Waals surface area contributed by atoms with Gasteiger partial charge in [0.2, 0.25) is 0 Å². The molecule has 2 aliphatic rings. The molecule has 0 amide bonds. The van der Waals surface area contributed by atoms with Gasteiger partial charge in [0.25, 0.3) is 0 Å². The van der Waals surface area contributed by atoms with Crippen LogP contribution in [0.25, 0.3) is 0 Å². The Balaban J connectivity index is 1.77. The van der Waals surface area contributed by atoms with Gasteiger partial charge in [0.05, 0.1) is 17.3 Å². The zero-order valence-electron chi connectivity index (χ0n) is 12.1. The molecule has 0 aromatic carbocycles. The van der Waals surface area contributed by atoms with Gasteiger partial charge in [-0.15, -0.1) is 0 Å². The van der Waals surface area contributed by atoms with E-state index in [9.17, 15) is 0 Å². The lowest BCUT2D eigenvalue weighted by Crippen LogP contribution is -2.41. The molecule has 1 aromatic heterocycles. The summed E-state index contributed by atoms with van der Waals surface area (Å²) >= 11 is 1.71. The Hall–Kier alpha value is -0.355. The summed E-state index contributed by atoms with van der Waals surface area (Å²) in [5, 5.41) is 2.18. The van der Waals surface area contributed by atoms with Crippen LogP contribution in [0.1, 0.15) is 52.2 Å². The van der Waals surface area contributed by atoms with Crippen LogP contribution in [0.5, 0.6) is 0 Å².